The standard InChI is InChI=1S/C7H12N4O2/c1-7(2,8)4-5-3-6(10-9-5)11(12)13/h3H,4,8H2,1-2H3,(H,9,10). The summed E-state index contributed by atoms with van der Waals surface area (Å²) in [5.74, 6) is -0.0979. The molecule has 72 valence electrons. The highest BCUT2D eigenvalue weighted by atomic mass is 16.6. The van der Waals surface area contributed by atoms with Gasteiger partial charge in [-0.25, -0.2) is 0 Å². The van der Waals surface area contributed by atoms with Crippen molar-refractivity contribution in [1.82, 2.24) is 10.2 Å². The molecule has 0 fully saturated rings. The Morgan fingerprint density at radius 2 is 2.38 bits per heavy atom. The van der Waals surface area contributed by atoms with Gasteiger partial charge >= 0.3 is 5.82 Å². The van der Waals surface area contributed by atoms with Crippen molar-refractivity contribution in [2.24, 2.45) is 5.73 Å². The van der Waals surface area contributed by atoms with Crippen molar-refractivity contribution in [3.8, 4) is 0 Å². The van der Waals surface area contributed by atoms with Gasteiger partial charge in [0.05, 0.1) is 11.8 Å². The van der Waals surface area contributed by atoms with Gasteiger partial charge in [-0.1, -0.05) is 5.10 Å². The number of aromatic nitrogens is 2. The van der Waals surface area contributed by atoms with Gasteiger partial charge in [0.1, 0.15) is 0 Å². The maximum Gasteiger partial charge on any atom is 0.342 e. The number of H-pyrrole nitrogens is 1. The fourth-order valence-electron chi connectivity index (χ4n) is 1.00. The zero-order valence-corrected chi connectivity index (χ0v) is 7.57. The molecular formula is C7H12N4O2. The summed E-state index contributed by atoms with van der Waals surface area (Å²) in [5, 5.41) is 16.4. The molecule has 0 spiro atoms. The summed E-state index contributed by atoms with van der Waals surface area (Å²) in [5.41, 5.74) is 5.94. The van der Waals surface area contributed by atoms with E-state index in [0.29, 0.717) is 12.1 Å². The fraction of sp³-hybridized carbons (Fsp3) is 0.571. The molecule has 1 aromatic heterocycles. The maximum atomic E-state index is 10.3. The van der Waals surface area contributed by atoms with E-state index in [0.717, 1.165) is 0 Å². The van der Waals surface area contributed by atoms with E-state index in [1.54, 1.807) is 0 Å². The molecule has 0 aromatic carbocycles. The molecule has 1 aromatic rings. The number of nitrogens with two attached hydrogens (primary N) is 1. The van der Waals surface area contributed by atoms with Crippen LogP contribution in [0.15, 0.2) is 6.07 Å². The molecule has 0 radical (unpaired) electrons. The van der Waals surface area contributed by atoms with E-state index in [-0.39, 0.29) is 5.82 Å². The first-order chi connectivity index (χ1) is 5.88. The van der Waals surface area contributed by atoms with Crippen LogP contribution in [0.25, 0.3) is 0 Å². The molecule has 1 heterocycles. The van der Waals surface area contributed by atoms with Crippen molar-refractivity contribution in [1.29, 1.82) is 0 Å². The highest BCUT2D eigenvalue weighted by molar-refractivity contribution is 5.21. The Labute approximate surface area is 75.3 Å². The van der Waals surface area contributed by atoms with Gasteiger partial charge in [-0.2, -0.15) is 0 Å². The average Bonchev–Trinajstić information content (AvgIpc) is 2.31. The number of nitro groups is 1. The summed E-state index contributed by atoms with van der Waals surface area (Å²) in [6.45, 7) is 3.68. The molecule has 0 aliphatic rings. The Morgan fingerprint density at radius 1 is 1.77 bits per heavy atom. The summed E-state index contributed by atoms with van der Waals surface area (Å²) < 4.78 is 0. The van der Waals surface area contributed by atoms with E-state index in [1.807, 2.05) is 13.8 Å². The maximum absolute atomic E-state index is 10.3. The first-order valence-electron chi connectivity index (χ1n) is 3.86. The van der Waals surface area contributed by atoms with Crippen LogP contribution in [0.2, 0.25) is 0 Å². The Balaban J connectivity index is 2.75. The first-order valence-corrected chi connectivity index (χ1v) is 3.86. The zero-order valence-electron chi connectivity index (χ0n) is 7.57. The van der Waals surface area contributed by atoms with Gasteiger partial charge < -0.3 is 15.8 Å². The van der Waals surface area contributed by atoms with Crippen molar-refractivity contribution in [2.75, 3.05) is 0 Å². The highest BCUT2D eigenvalue weighted by Gasteiger charge is 2.17. The molecule has 0 amide bonds. The molecule has 13 heavy (non-hydrogen) atoms. The Morgan fingerprint density at radius 3 is 2.77 bits per heavy atom. The molecule has 3 N–H and O–H groups in total. The monoisotopic (exact) mass is 184 g/mol. The molecule has 0 aliphatic heterocycles. The van der Waals surface area contributed by atoms with Crippen LogP contribution in [0, 0.1) is 10.1 Å². The molecule has 6 nitrogen and oxygen atoms in total. The SMILES string of the molecule is CC(C)(N)Cc1cc([N+](=O)[O-])[nH]n1. The molecule has 0 saturated heterocycles. The lowest BCUT2D eigenvalue weighted by Crippen LogP contribution is -2.34. The lowest BCUT2D eigenvalue weighted by atomic mass is 10.0. The topological polar surface area (TPSA) is 97.8 Å². The third-order valence-corrected chi connectivity index (χ3v) is 1.45. The Hall–Kier alpha value is -1.43. The van der Waals surface area contributed by atoms with Crippen molar-refractivity contribution < 1.29 is 4.92 Å². The van der Waals surface area contributed by atoms with Crippen LogP contribution in [0.5, 0.6) is 0 Å². The summed E-state index contributed by atoms with van der Waals surface area (Å²) in [6.07, 6.45) is 0.511. The number of hydrogen-bond acceptors (Lipinski definition) is 4. The van der Waals surface area contributed by atoms with Crippen molar-refractivity contribution >= 4 is 5.82 Å². The average molecular weight is 184 g/mol. The number of aromatic amines is 1. The van der Waals surface area contributed by atoms with Crippen LogP contribution in [0.4, 0.5) is 5.82 Å². The second kappa shape index (κ2) is 3.14. The second-order valence-electron chi connectivity index (χ2n) is 3.67. The minimum atomic E-state index is -0.514. The Kier molecular flexibility index (Phi) is 2.33. The highest BCUT2D eigenvalue weighted by Crippen LogP contribution is 2.12. The van der Waals surface area contributed by atoms with Gasteiger partial charge in [0.15, 0.2) is 0 Å². The normalized spacial score (nSPS) is 11.6. The van der Waals surface area contributed by atoms with Crippen LogP contribution in [-0.2, 0) is 6.42 Å². The van der Waals surface area contributed by atoms with E-state index in [4.69, 9.17) is 5.73 Å². The lowest BCUT2D eigenvalue weighted by molar-refractivity contribution is -0.389. The molecule has 0 saturated carbocycles. The minimum Gasteiger partial charge on any atom is -0.358 e. The first kappa shape index (κ1) is 9.66. The Bertz CT molecular complexity index is 313. The lowest BCUT2D eigenvalue weighted by Gasteiger charge is -2.15. The quantitative estimate of drug-likeness (QED) is 0.530. The van der Waals surface area contributed by atoms with Gasteiger partial charge in [-0.05, 0) is 18.8 Å². The molecule has 0 unspecified atom stereocenters. The van der Waals surface area contributed by atoms with Crippen LogP contribution in [0.3, 0.4) is 0 Å². The van der Waals surface area contributed by atoms with Gasteiger partial charge in [0, 0.05) is 12.0 Å². The van der Waals surface area contributed by atoms with Crippen molar-refractivity contribution in [3.63, 3.8) is 0 Å². The summed E-state index contributed by atoms with van der Waals surface area (Å²) >= 11 is 0. The van der Waals surface area contributed by atoms with Crippen molar-refractivity contribution in [3.05, 3.63) is 21.9 Å². The van der Waals surface area contributed by atoms with E-state index in [9.17, 15) is 10.1 Å². The zero-order chi connectivity index (χ0) is 10.1. The number of nitrogens with one attached hydrogen (secondary N) is 1. The van der Waals surface area contributed by atoms with E-state index >= 15 is 0 Å². The third-order valence-electron chi connectivity index (χ3n) is 1.45. The van der Waals surface area contributed by atoms with E-state index < -0.39 is 10.5 Å². The van der Waals surface area contributed by atoms with Gasteiger partial charge in [0.2, 0.25) is 0 Å². The smallest absolute Gasteiger partial charge is 0.342 e. The van der Waals surface area contributed by atoms with E-state index in [1.165, 1.54) is 6.07 Å². The molecule has 0 bridgehead atoms. The molecule has 1 rings (SSSR count). The van der Waals surface area contributed by atoms with Gasteiger partial charge in [-0.15, -0.1) is 5.10 Å². The van der Waals surface area contributed by atoms with Crippen molar-refractivity contribution in [2.45, 2.75) is 25.8 Å². The second-order valence-corrected chi connectivity index (χ2v) is 3.67. The van der Waals surface area contributed by atoms with Gasteiger partial charge in [-0.3, -0.25) is 0 Å². The van der Waals surface area contributed by atoms with E-state index in [2.05, 4.69) is 10.2 Å². The predicted octanol–water partition coefficient (Wildman–Crippen LogP) is 0.598. The summed E-state index contributed by atoms with van der Waals surface area (Å²) in [6, 6.07) is 1.40. The minimum absolute atomic E-state index is 0.0979. The number of hydrogen-bond donors (Lipinski definition) is 2. The van der Waals surface area contributed by atoms with Gasteiger partial charge in [0.25, 0.3) is 0 Å². The number of nitrogens with zero attached hydrogens (tertiary/aromatic N) is 2. The molecular weight excluding hydrogens is 172 g/mol. The van der Waals surface area contributed by atoms with Crippen LogP contribution < -0.4 is 5.73 Å². The molecule has 0 atom stereocenters. The fourth-order valence-corrected chi connectivity index (χ4v) is 1.00. The largest absolute Gasteiger partial charge is 0.358 e. The number of rotatable bonds is 3. The molecule has 0 aliphatic carbocycles. The summed E-state index contributed by atoms with van der Waals surface area (Å²) in [7, 11) is 0. The predicted molar refractivity (Wildman–Crippen MR) is 47.2 cm³/mol. The van der Waals surface area contributed by atoms with Crippen LogP contribution >= 0.6 is 0 Å². The van der Waals surface area contributed by atoms with Crippen LogP contribution in [-0.4, -0.2) is 20.7 Å². The third kappa shape index (κ3) is 2.83. The van der Waals surface area contributed by atoms with Crippen LogP contribution in [0.1, 0.15) is 19.5 Å². The molecule has 6 heteroatoms. The summed E-state index contributed by atoms with van der Waals surface area (Å²) in [4.78, 5) is 9.77.